The van der Waals surface area contributed by atoms with Gasteiger partial charge in [0.25, 0.3) is 0 Å². The van der Waals surface area contributed by atoms with E-state index < -0.39 is 0 Å². The Bertz CT molecular complexity index is 572. The van der Waals surface area contributed by atoms with E-state index in [1.165, 1.54) is 22.5 Å². The maximum absolute atomic E-state index is 3.49. The molecule has 0 unspecified atom stereocenters. The summed E-state index contributed by atoms with van der Waals surface area (Å²) >= 11 is 0. The first-order valence-corrected chi connectivity index (χ1v) is 7.42. The van der Waals surface area contributed by atoms with E-state index in [0.717, 1.165) is 19.6 Å². The number of anilines is 2. The Balaban J connectivity index is 1.97. The summed E-state index contributed by atoms with van der Waals surface area (Å²) in [5.41, 5.74) is 5.38. The van der Waals surface area contributed by atoms with Gasteiger partial charge in [-0.1, -0.05) is 44.2 Å². The van der Waals surface area contributed by atoms with Crippen LogP contribution in [0.25, 0.3) is 0 Å². The van der Waals surface area contributed by atoms with Gasteiger partial charge in [-0.3, -0.25) is 0 Å². The SMILES string of the molecule is CC(C)c1ccc(N2CCNCc3ccccc32)cc1. The smallest absolute Gasteiger partial charge is 0.0456 e. The normalized spacial score (nSPS) is 15.1. The molecule has 1 aliphatic heterocycles. The topological polar surface area (TPSA) is 15.3 Å². The molecule has 0 amide bonds. The van der Waals surface area contributed by atoms with E-state index in [1.54, 1.807) is 0 Å². The van der Waals surface area contributed by atoms with Gasteiger partial charge in [0.1, 0.15) is 0 Å². The van der Waals surface area contributed by atoms with E-state index in [-0.39, 0.29) is 0 Å². The van der Waals surface area contributed by atoms with E-state index in [9.17, 15) is 0 Å². The van der Waals surface area contributed by atoms with Gasteiger partial charge in [0.05, 0.1) is 0 Å². The number of hydrogen-bond acceptors (Lipinski definition) is 2. The van der Waals surface area contributed by atoms with Crippen molar-refractivity contribution in [1.29, 1.82) is 0 Å². The minimum Gasteiger partial charge on any atom is -0.340 e. The predicted molar refractivity (Wildman–Crippen MR) is 85.7 cm³/mol. The predicted octanol–water partition coefficient (Wildman–Crippen LogP) is 4.05. The molecule has 0 fully saturated rings. The van der Waals surface area contributed by atoms with Crippen molar-refractivity contribution >= 4 is 11.4 Å². The van der Waals surface area contributed by atoms with Gasteiger partial charge >= 0.3 is 0 Å². The van der Waals surface area contributed by atoms with Gasteiger partial charge < -0.3 is 10.2 Å². The standard InChI is InChI=1S/C18H22N2/c1-14(2)15-7-9-17(10-8-15)20-12-11-19-13-16-5-3-4-6-18(16)20/h3-10,14,19H,11-13H2,1-2H3. The Labute approximate surface area is 121 Å². The van der Waals surface area contributed by atoms with Gasteiger partial charge in [-0.2, -0.15) is 0 Å². The van der Waals surface area contributed by atoms with Gasteiger partial charge in [0.2, 0.25) is 0 Å². The van der Waals surface area contributed by atoms with E-state index in [1.807, 2.05) is 0 Å². The van der Waals surface area contributed by atoms with E-state index in [4.69, 9.17) is 0 Å². The van der Waals surface area contributed by atoms with Gasteiger partial charge in [-0.05, 0) is 35.2 Å². The molecule has 0 saturated heterocycles. The Morgan fingerprint density at radius 3 is 2.50 bits per heavy atom. The molecule has 0 aromatic heterocycles. The lowest BCUT2D eigenvalue weighted by atomic mass is 10.0. The van der Waals surface area contributed by atoms with Crippen LogP contribution in [0.5, 0.6) is 0 Å². The average molecular weight is 266 g/mol. The van der Waals surface area contributed by atoms with Crippen LogP contribution in [0.3, 0.4) is 0 Å². The zero-order chi connectivity index (χ0) is 13.9. The van der Waals surface area contributed by atoms with E-state index in [2.05, 4.69) is 72.6 Å². The van der Waals surface area contributed by atoms with Crippen molar-refractivity contribution in [2.24, 2.45) is 0 Å². The third-order valence-electron chi connectivity index (χ3n) is 3.98. The molecule has 0 radical (unpaired) electrons. The fraction of sp³-hybridized carbons (Fsp3) is 0.333. The number of fused-ring (bicyclic) bond motifs is 1. The molecule has 0 aliphatic carbocycles. The van der Waals surface area contributed by atoms with Crippen molar-refractivity contribution in [1.82, 2.24) is 5.32 Å². The van der Waals surface area contributed by atoms with Crippen molar-refractivity contribution < 1.29 is 0 Å². The Morgan fingerprint density at radius 1 is 1.00 bits per heavy atom. The van der Waals surface area contributed by atoms with Crippen molar-refractivity contribution in [3.8, 4) is 0 Å². The molecule has 2 nitrogen and oxygen atoms in total. The van der Waals surface area contributed by atoms with Crippen LogP contribution in [0.2, 0.25) is 0 Å². The molecular formula is C18H22N2. The maximum atomic E-state index is 3.49. The van der Waals surface area contributed by atoms with Crippen LogP contribution in [0.1, 0.15) is 30.9 Å². The molecular weight excluding hydrogens is 244 g/mol. The summed E-state index contributed by atoms with van der Waals surface area (Å²) < 4.78 is 0. The summed E-state index contributed by atoms with van der Waals surface area (Å²) in [7, 11) is 0. The lowest BCUT2D eigenvalue weighted by molar-refractivity contribution is 0.712. The summed E-state index contributed by atoms with van der Waals surface area (Å²) in [5, 5.41) is 3.49. The number of nitrogens with one attached hydrogen (secondary N) is 1. The maximum Gasteiger partial charge on any atom is 0.0456 e. The molecule has 1 aliphatic rings. The van der Waals surface area contributed by atoms with Crippen molar-refractivity contribution in [2.45, 2.75) is 26.3 Å². The number of benzene rings is 2. The highest BCUT2D eigenvalue weighted by Crippen LogP contribution is 2.30. The molecule has 2 aromatic rings. The summed E-state index contributed by atoms with van der Waals surface area (Å²) in [6.07, 6.45) is 0. The first kappa shape index (κ1) is 13.2. The van der Waals surface area contributed by atoms with Crippen molar-refractivity contribution in [2.75, 3.05) is 18.0 Å². The van der Waals surface area contributed by atoms with Crippen LogP contribution in [0.15, 0.2) is 48.5 Å². The largest absolute Gasteiger partial charge is 0.340 e. The molecule has 2 aromatic carbocycles. The Hall–Kier alpha value is -1.80. The first-order chi connectivity index (χ1) is 9.75. The van der Waals surface area contributed by atoms with Gasteiger partial charge in [0.15, 0.2) is 0 Å². The number of nitrogens with zero attached hydrogens (tertiary/aromatic N) is 1. The highest BCUT2D eigenvalue weighted by molar-refractivity contribution is 5.67. The zero-order valence-corrected chi connectivity index (χ0v) is 12.3. The first-order valence-electron chi connectivity index (χ1n) is 7.42. The molecule has 1 heterocycles. The molecule has 3 rings (SSSR count). The quantitative estimate of drug-likeness (QED) is 0.882. The highest BCUT2D eigenvalue weighted by Gasteiger charge is 2.15. The van der Waals surface area contributed by atoms with Gasteiger partial charge in [-0.15, -0.1) is 0 Å². The molecule has 0 spiro atoms. The fourth-order valence-electron chi connectivity index (χ4n) is 2.77. The van der Waals surface area contributed by atoms with Crippen LogP contribution in [0, 0.1) is 0 Å². The van der Waals surface area contributed by atoms with Crippen LogP contribution in [0.4, 0.5) is 11.4 Å². The van der Waals surface area contributed by atoms with Crippen LogP contribution in [-0.4, -0.2) is 13.1 Å². The lowest BCUT2D eigenvalue weighted by Gasteiger charge is -2.25. The Kier molecular flexibility index (Phi) is 3.75. The van der Waals surface area contributed by atoms with Gasteiger partial charge in [0, 0.05) is 31.0 Å². The third-order valence-corrected chi connectivity index (χ3v) is 3.98. The molecule has 0 atom stereocenters. The number of hydrogen-bond donors (Lipinski definition) is 1. The minimum atomic E-state index is 0.585. The van der Waals surface area contributed by atoms with E-state index >= 15 is 0 Å². The molecule has 2 heteroatoms. The summed E-state index contributed by atoms with van der Waals surface area (Å²) in [6.45, 7) is 7.45. The molecule has 1 N–H and O–H groups in total. The van der Waals surface area contributed by atoms with Crippen molar-refractivity contribution in [3.63, 3.8) is 0 Å². The molecule has 0 bridgehead atoms. The highest BCUT2D eigenvalue weighted by atomic mass is 15.2. The van der Waals surface area contributed by atoms with Crippen molar-refractivity contribution in [3.05, 3.63) is 59.7 Å². The second-order valence-corrected chi connectivity index (χ2v) is 5.70. The monoisotopic (exact) mass is 266 g/mol. The number of para-hydroxylation sites is 1. The van der Waals surface area contributed by atoms with Crippen LogP contribution in [-0.2, 0) is 6.54 Å². The van der Waals surface area contributed by atoms with E-state index in [0.29, 0.717) is 5.92 Å². The second-order valence-electron chi connectivity index (χ2n) is 5.70. The Morgan fingerprint density at radius 2 is 1.75 bits per heavy atom. The summed E-state index contributed by atoms with van der Waals surface area (Å²) in [4.78, 5) is 2.42. The lowest BCUT2D eigenvalue weighted by Crippen LogP contribution is -2.24. The molecule has 20 heavy (non-hydrogen) atoms. The minimum absolute atomic E-state index is 0.585. The summed E-state index contributed by atoms with van der Waals surface area (Å²) in [5.74, 6) is 0.585. The molecule has 104 valence electrons. The fourth-order valence-corrected chi connectivity index (χ4v) is 2.77. The summed E-state index contributed by atoms with van der Waals surface area (Å²) in [6, 6.07) is 17.7. The van der Waals surface area contributed by atoms with Crippen LogP contribution < -0.4 is 10.2 Å². The third kappa shape index (κ3) is 2.56. The average Bonchev–Trinajstić information content (AvgIpc) is 2.69. The van der Waals surface area contributed by atoms with Crippen LogP contribution >= 0.6 is 0 Å². The number of rotatable bonds is 2. The van der Waals surface area contributed by atoms with Gasteiger partial charge in [-0.25, -0.2) is 0 Å². The zero-order valence-electron chi connectivity index (χ0n) is 12.3. The molecule has 0 saturated carbocycles. The second kappa shape index (κ2) is 5.68.